The molecular formula is C23H25N3O3. The molecule has 0 spiro atoms. The van der Waals surface area contributed by atoms with Crippen LogP contribution < -0.4 is 10.6 Å². The third-order valence-electron chi connectivity index (χ3n) is 4.71. The first kappa shape index (κ1) is 20.3. The maximum Gasteiger partial charge on any atom is 0.287 e. The zero-order valence-electron chi connectivity index (χ0n) is 17.0. The number of hydrogen-bond acceptors (Lipinski definition) is 4. The number of hydrogen-bond donors (Lipinski definition) is 2. The minimum absolute atomic E-state index is 0.0516. The summed E-state index contributed by atoms with van der Waals surface area (Å²) in [6.07, 6.45) is 1.78. The summed E-state index contributed by atoms with van der Waals surface area (Å²) < 4.78 is 5.68. The zero-order valence-corrected chi connectivity index (χ0v) is 17.0. The van der Waals surface area contributed by atoms with Crippen molar-refractivity contribution in [2.24, 2.45) is 5.92 Å². The Morgan fingerprint density at radius 2 is 1.66 bits per heavy atom. The molecule has 0 radical (unpaired) electrons. The number of likely N-dealkylation sites (N-methyl/N-ethyl adjacent to an activating group) is 1. The monoisotopic (exact) mass is 391 g/mol. The topological polar surface area (TPSA) is 84.2 Å². The Balaban J connectivity index is 1.74. The molecule has 2 heterocycles. The molecule has 0 aliphatic carbocycles. The second-order valence-electron chi connectivity index (χ2n) is 7.27. The highest BCUT2D eigenvalue weighted by atomic mass is 16.4. The Kier molecular flexibility index (Phi) is 6.12. The van der Waals surface area contributed by atoms with E-state index in [1.807, 2.05) is 32.9 Å². The molecule has 0 fully saturated rings. The normalized spacial score (nSPS) is 11.9. The van der Waals surface area contributed by atoms with Gasteiger partial charge in [-0.3, -0.25) is 14.6 Å². The second kappa shape index (κ2) is 8.73. The molecule has 3 rings (SSSR count). The highest BCUT2D eigenvalue weighted by Gasteiger charge is 2.25. The molecule has 1 atom stereocenters. The molecule has 3 aromatic rings. The Morgan fingerprint density at radius 1 is 0.966 bits per heavy atom. The van der Waals surface area contributed by atoms with E-state index < -0.39 is 11.9 Å². The predicted octanol–water partition coefficient (Wildman–Crippen LogP) is 3.82. The lowest BCUT2D eigenvalue weighted by molar-refractivity contribution is -0.123. The van der Waals surface area contributed by atoms with Crippen LogP contribution in [0.1, 0.15) is 30.0 Å². The second-order valence-corrected chi connectivity index (χ2v) is 7.27. The van der Waals surface area contributed by atoms with E-state index in [4.69, 9.17) is 4.42 Å². The fraction of sp³-hybridized carbons (Fsp3) is 0.261. The van der Waals surface area contributed by atoms with Crippen LogP contribution in [0.4, 0.5) is 0 Å². The van der Waals surface area contributed by atoms with Gasteiger partial charge in [-0.2, -0.15) is 0 Å². The molecular weight excluding hydrogens is 366 g/mol. The van der Waals surface area contributed by atoms with Gasteiger partial charge in [0.1, 0.15) is 11.7 Å². The lowest BCUT2D eigenvalue weighted by atomic mass is 10.0. The summed E-state index contributed by atoms with van der Waals surface area (Å²) in [5.41, 5.74) is 3.93. The maximum atomic E-state index is 12.5. The molecule has 1 aromatic carbocycles. The first-order valence-corrected chi connectivity index (χ1v) is 9.55. The minimum atomic E-state index is -0.632. The van der Waals surface area contributed by atoms with E-state index in [-0.39, 0.29) is 17.6 Å². The Morgan fingerprint density at radius 3 is 2.24 bits per heavy atom. The van der Waals surface area contributed by atoms with Gasteiger partial charge in [0, 0.05) is 18.8 Å². The van der Waals surface area contributed by atoms with Crippen LogP contribution in [-0.2, 0) is 4.79 Å². The van der Waals surface area contributed by atoms with Crippen molar-refractivity contribution in [1.29, 1.82) is 0 Å². The number of aryl methyl sites for hydroxylation is 1. The predicted molar refractivity (Wildman–Crippen MR) is 112 cm³/mol. The molecule has 0 unspecified atom stereocenters. The number of pyridine rings is 1. The average molecular weight is 391 g/mol. The van der Waals surface area contributed by atoms with Crippen molar-refractivity contribution in [3.05, 3.63) is 66.1 Å². The molecule has 150 valence electrons. The lowest BCUT2D eigenvalue weighted by Gasteiger charge is -2.19. The van der Waals surface area contributed by atoms with Gasteiger partial charge < -0.3 is 15.1 Å². The zero-order chi connectivity index (χ0) is 21.0. The molecule has 0 saturated carbocycles. The van der Waals surface area contributed by atoms with Crippen LogP contribution in [0.3, 0.4) is 0 Å². The molecule has 0 aliphatic rings. The summed E-state index contributed by atoms with van der Waals surface area (Å²) in [5.74, 6) is -0.0988. The number of nitrogens with zero attached hydrogens (tertiary/aromatic N) is 1. The fourth-order valence-electron chi connectivity index (χ4n) is 2.96. The van der Waals surface area contributed by atoms with E-state index in [0.717, 1.165) is 11.1 Å². The van der Waals surface area contributed by atoms with Gasteiger partial charge in [-0.1, -0.05) is 49.7 Å². The van der Waals surface area contributed by atoms with E-state index in [9.17, 15) is 9.59 Å². The Bertz CT molecular complexity index is 989. The van der Waals surface area contributed by atoms with Gasteiger partial charge in [0.15, 0.2) is 11.5 Å². The summed E-state index contributed by atoms with van der Waals surface area (Å²) >= 11 is 0. The largest absolute Gasteiger partial charge is 0.449 e. The molecule has 2 N–H and O–H groups in total. The quantitative estimate of drug-likeness (QED) is 0.669. The summed E-state index contributed by atoms with van der Waals surface area (Å²) in [4.78, 5) is 28.9. The minimum Gasteiger partial charge on any atom is -0.449 e. The number of furan rings is 1. The standard InChI is InChI=1S/C23H25N3O3/c1-14(2)21(23(28)24-4)26-22(27)20-12-11-19(29-20)18-10-9-17(13-25-18)16-7-5-15(3)6-8-16/h5-14,21H,1-4H3,(H,24,28)(H,26,27)/t21-/m0/s1. The molecule has 0 saturated heterocycles. The summed E-state index contributed by atoms with van der Waals surface area (Å²) in [6.45, 7) is 5.79. The molecule has 2 aromatic heterocycles. The van der Waals surface area contributed by atoms with Crippen LogP contribution in [0.25, 0.3) is 22.6 Å². The van der Waals surface area contributed by atoms with Gasteiger partial charge in [0.05, 0.1) is 0 Å². The van der Waals surface area contributed by atoms with Crippen molar-refractivity contribution < 1.29 is 14.0 Å². The molecule has 0 aliphatic heterocycles. The van der Waals surface area contributed by atoms with E-state index >= 15 is 0 Å². The smallest absolute Gasteiger partial charge is 0.287 e. The Labute approximate surface area is 170 Å². The van der Waals surface area contributed by atoms with Crippen LogP contribution in [0.15, 0.2) is 59.1 Å². The van der Waals surface area contributed by atoms with Crippen LogP contribution >= 0.6 is 0 Å². The molecule has 2 amide bonds. The summed E-state index contributed by atoms with van der Waals surface area (Å²) in [7, 11) is 1.54. The van der Waals surface area contributed by atoms with E-state index in [2.05, 4.69) is 39.9 Å². The first-order chi connectivity index (χ1) is 13.9. The lowest BCUT2D eigenvalue weighted by Crippen LogP contribution is -2.48. The number of carbonyl (C=O) groups excluding carboxylic acids is 2. The highest BCUT2D eigenvalue weighted by Crippen LogP contribution is 2.24. The van der Waals surface area contributed by atoms with Gasteiger partial charge in [0.2, 0.25) is 5.91 Å². The molecule has 0 bridgehead atoms. The number of benzene rings is 1. The van der Waals surface area contributed by atoms with Crippen LogP contribution in [0.5, 0.6) is 0 Å². The van der Waals surface area contributed by atoms with Crippen molar-refractivity contribution >= 4 is 11.8 Å². The van der Waals surface area contributed by atoms with E-state index in [1.54, 1.807) is 25.4 Å². The van der Waals surface area contributed by atoms with E-state index in [1.165, 1.54) is 5.56 Å². The highest BCUT2D eigenvalue weighted by molar-refractivity contribution is 5.96. The number of aromatic nitrogens is 1. The molecule has 6 nitrogen and oxygen atoms in total. The van der Waals surface area contributed by atoms with Gasteiger partial charge in [-0.05, 0) is 36.6 Å². The van der Waals surface area contributed by atoms with Gasteiger partial charge in [-0.25, -0.2) is 0 Å². The average Bonchev–Trinajstić information content (AvgIpc) is 3.22. The fourth-order valence-corrected chi connectivity index (χ4v) is 2.96. The number of nitrogens with one attached hydrogen (secondary N) is 2. The van der Waals surface area contributed by atoms with Gasteiger partial charge in [0.25, 0.3) is 5.91 Å². The summed E-state index contributed by atoms with van der Waals surface area (Å²) in [5, 5.41) is 5.28. The maximum absolute atomic E-state index is 12.5. The van der Waals surface area contributed by atoms with Crippen LogP contribution in [0.2, 0.25) is 0 Å². The molecule has 6 heteroatoms. The van der Waals surface area contributed by atoms with Crippen LogP contribution in [-0.4, -0.2) is 29.9 Å². The Hall–Kier alpha value is -3.41. The van der Waals surface area contributed by atoms with Crippen molar-refractivity contribution in [2.45, 2.75) is 26.8 Å². The number of carbonyl (C=O) groups is 2. The van der Waals surface area contributed by atoms with Gasteiger partial charge >= 0.3 is 0 Å². The van der Waals surface area contributed by atoms with Crippen molar-refractivity contribution in [1.82, 2.24) is 15.6 Å². The summed E-state index contributed by atoms with van der Waals surface area (Å²) in [6, 6.07) is 14.7. The number of amides is 2. The molecule has 29 heavy (non-hydrogen) atoms. The van der Waals surface area contributed by atoms with Crippen LogP contribution in [0, 0.1) is 12.8 Å². The van der Waals surface area contributed by atoms with Gasteiger partial charge in [-0.15, -0.1) is 0 Å². The SMILES string of the molecule is CNC(=O)[C@@H](NC(=O)c1ccc(-c2ccc(-c3ccc(C)cc3)cn2)o1)C(C)C. The van der Waals surface area contributed by atoms with E-state index in [0.29, 0.717) is 11.5 Å². The van der Waals surface area contributed by atoms with Crippen molar-refractivity contribution in [3.63, 3.8) is 0 Å². The van der Waals surface area contributed by atoms with Crippen molar-refractivity contribution in [2.75, 3.05) is 7.05 Å². The third-order valence-corrected chi connectivity index (χ3v) is 4.71. The van der Waals surface area contributed by atoms with Crippen molar-refractivity contribution in [3.8, 4) is 22.6 Å². The first-order valence-electron chi connectivity index (χ1n) is 9.55. The number of rotatable bonds is 6. The third kappa shape index (κ3) is 4.71.